The lowest BCUT2D eigenvalue weighted by atomic mass is 9.96. The number of carbonyl (C=O) groups is 2. The molecule has 1 aromatic heterocycles. The maximum atomic E-state index is 12.9. The van der Waals surface area contributed by atoms with Gasteiger partial charge in [-0.05, 0) is 55.5 Å². The highest BCUT2D eigenvalue weighted by Crippen LogP contribution is 2.25. The molecular weight excluding hydrogens is 450 g/mol. The number of urea groups is 1. The summed E-state index contributed by atoms with van der Waals surface area (Å²) in [5, 5.41) is 0.636. The van der Waals surface area contributed by atoms with Crippen LogP contribution >= 0.6 is 11.6 Å². The second-order valence-electron chi connectivity index (χ2n) is 9.44. The van der Waals surface area contributed by atoms with E-state index in [0.29, 0.717) is 10.6 Å². The first-order valence-electron chi connectivity index (χ1n) is 12.3. The lowest BCUT2D eigenvalue weighted by Crippen LogP contribution is -2.56. The van der Waals surface area contributed by atoms with Crippen LogP contribution in [-0.4, -0.2) is 75.2 Å². The summed E-state index contributed by atoms with van der Waals surface area (Å²) in [6, 6.07) is 4.22. The van der Waals surface area contributed by atoms with Crippen LogP contribution in [0.5, 0.6) is 0 Å². The summed E-state index contributed by atoms with van der Waals surface area (Å²) in [7, 11) is 0. The van der Waals surface area contributed by atoms with Gasteiger partial charge in [-0.2, -0.15) is 0 Å². The van der Waals surface area contributed by atoms with Gasteiger partial charge in [0.25, 0.3) is 0 Å². The van der Waals surface area contributed by atoms with Crippen LogP contribution in [-0.2, 0) is 19.4 Å². The van der Waals surface area contributed by atoms with Gasteiger partial charge in [-0.1, -0.05) is 18.5 Å². The number of hydrogen-bond donors (Lipinski definition) is 0. The van der Waals surface area contributed by atoms with Crippen LogP contribution in [0.25, 0.3) is 0 Å². The van der Waals surface area contributed by atoms with Crippen molar-refractivity contribution < 1.29 is 9.59 Å². The van der Waals surface area contributed by atoms with Gasteiger partial charge in [0.15, 0.2) is 5.78 Å². The zero-order valence-electron chi connectivity index (χ0n) is 20.4. The summed E-state index contributed by atoms with van der Waals surface area (Å²) in [6.07, 6.45) is 6.44. The van der Waals surface area contributed by atoms with Crippen LogP contribution < -0.4 is 0 Å². The number of nitrogens with zero attached hydrogens (tertiary/aromatic N) is 5. The number of amides is 2. The standard InChI is InChI=1S/C26H34ClN5O2/c1-4-25-28-14-22(15-29-25)24(33)13-20-11-23(27)12-21(19(20)3)17-30-9-10-32(18(2)16-30)26(34)31-7-5-6-8-31/h11-12,14-15,18H,4-10,13,16-17H2,1-3H3/t18-/m0/s1. The zero-order chi connectivity index (χ0) is 24.2. The minimum atomic E-state index is -0.0124. The molecule has 0 spiro atoms. The van der Waals surface area contributed by atoms with E-state index in [2.05, 4.69) is 28.7 Å². The number of hydrogen-bond acceptors (Lipinski definition) is 5. The van der Waals surface area contributed by atoms with Crippen LogP contribution in [0.2, 0.25) is 5.02 Å². The van der Waals surface area contributed by atoms with Crippen molar-refractivity contribution >= 4 is 23.4 Å². The Morgan fingerprint density at radius 2 is 1.74 bits per heavy atom. The number of piperazine rings is 1. The lowest BCUT2D eigenvalue weighted by Gasteiger charge is -2.41. The Bertz CT molecular complexity index is 1040. The molecule has 1 aromatic carbocycles. The van der Waals surface area contributed by atoms with Gasteiger partial charge in [0.05, 0.1) is 5.56 Å². The first-order valence-corrected chi connectivity index (χ1v) is 12.6. The van der Waals surface area contributed by atoms with E-state index in [9.17, 15) is 9.59 Å². The van der Waals surface area contributed by atoms with Crippen LogP contribution in [0, 0.1) is 6.92 Å². The molecule has 2 aromatic rings. The highest BCUT2D eigenvalue weighted by Gasteiger charge is 2.31. The van der Waals surface area contributed by atoms with Gasteiger partial charge >= 0.3 is 6.03 Å². The van der Waals surface area contributed by atoms with Gasteiger partial charge < -0.3 is 9.80 Å². The van der Waals surface area contributed by atoms with E-state index in [-0.39, 0.29) is 24.3 Å². The van der Waals surface area contributed by atoms with E-state index in [0.717, 1.165) is 81.0 Å². The van der Waals surface area contributed by atoms with Gasteiger partial charge in [-0.15, -0.1) is 0 Å². The molecule has 3 heterocycles. The summed E-state index contributed by atoms with van der Waals surface area (Å²) in [5.41, 5.74) is 3.67. The molecule has 0 N–H and O–H groups in total. The third-order valence-corrected chi connectivity index (χ3v) is 7.23. The maximum Gasteiger partial charge on any atom is 0.320 e. The largest absolute Gasteiger partial charge is 0.325 e. The minimum Gasteiger partial charge on any atom is -0.325 e. The van der Waals surface area contributed by atoms with Gasteiger partial charge in [0.2, 0.25) is 0 Å². The monoisotopic (exact) mass is 483 g/mol. The molecule has 182 valence electrons. The number of halogens is 1. The fourth-order valence-corrected chi connectivity index (χ4v) is 5.16. The summed E-state index contributed by atoms with van der Waals surface area (Å²) < 4.78 is 0. The molecule has 2 amide bonds. The Morgan fingerprint density at radius 3 is 2.38 bits per heavy atom. The summed E-state index contributed by atoms with van der Waals surface area (Å²) in [5.74, 6) is 0.718. The van der Waals surface area contributed by atoms with E-state index >= 15 is 0 Å². The molecule has 8 heteroatoms. The molecule has 0 saturated carbocycles. The third-order valence-electron chi connectivity index (χ3n) is 7.01. The summed E-state index contributed by atoms with van der Waals surface area (Å²) >= 11 is 6.46. The molecule has 7 nitrogen and oxygen atoms in total. The Hall–Kier alpha value is -2.51. The Morgan fingerprint density at radius 1 is 1.06 bits per heavy atom. The highest BCUT2D eigenvalue weighted by molar-refractivity contribution is 6.30. The number of benzene rings is 1. The highest BCUT2D eigenvalue weighted by atomic mass is 35.5. The Kier molecular flexibility index (Phi) is 7.84. The summed E-state index contributed by atoms with van der Waals surface area (Å²) in [4.78, 5) is 40.6. The van der Waals surface area contributed by atoms with Crippen molar-refractivity contribution in [2.24, 2.45) is 0 Å². The molecular formula is C26H34ClN5O2. The molecule has 2 aliphatic heterocycles. The van der Waals surface area contributed by atoms with Crippen molar-refractivity contribution in [3.63, 3.8) is 0 Å². The molecule has 0 unspecified atom stereocenters. The number of ketones is 1. The van der Waals surface area contributed by atoms with Crippen molar-refractivity contribution in [1.29, 1.82) is 0 Å². The van der Waals surface area contributed by atoms with Crippen LogP contribution in [0.4, 0.5) is 4.79 Å². The van der Waals surface area contributed by atoms with E-state index < -0.39 is 0 Å². The van der Waals surface area contributed by atoms with Crippen LogP contribution in [0.1, 0.15) is 59.6 Å². The average Bonchev–Trinajstić information content (AvgIpc) is 3.37. The number of carbonyl (C=O) groups excluding carboxylic acids is 2. The maximum absolute atomic E-state index is 12.9. The van der Waals surface area contributed by atoms with Crippen LogP contribution in [0.3, 0.4) is 0 Å². The van der Waals surface area contributed by atoms with Gasteiger partial charge in [-0.3, -0.25) is 9.69 Å². The minimum absolute atomic E-state index is 0.0124. The first-order chi connectivity index (χ1) is 16.4. The van der Waals surface area contributed by atoms with Crippen molar-refractivity contribution in [2.75, 3.05) is 32.7 Å². The second-order valence-corrected chi connectivity index (χ2v) is 9.88. The molecule has 1 atom stereocenters. The first kappa shape index (κ1) is 24.6. The number of aromatic nitrogens is 2. The SMILES string of the molecule is CCc1ncc(C(=O)Cc2cc(Cl)cc(CN3CCN(C(=O)N4CCCC4)[C@@H](C)C3)c2C)cn1. The van der Waals surface area contributed by atoms with Crippen molar-refractivity contribution in [1.82, 2.24) is 24.7 Å². The smallest absolute Gasteiger partial charge is 0.320 e. The molecule has 2 saturated heterocycles. The molecule has 2 aliphatic rings. The van der Waals surface area contributed by atoms with E-state index in [1.807, 2.05) is 28.9 Å². The quantitative estimate of drug-likeness (QED) is 0.577. The fourth-order valence-electron chi connectivity index (χ4n) is 4.89. The Labute approximate surface area is 207 Å². The number of rotatable bonds is 6. The fraction of sp³-hybridized carbons (Fsp3) is 0.538. The van der Waals surface area contributed by atoms with Crippen molar-refractivity contribution in [3.05, 3.63) is 57.6 Å². The predicted octanol–water partition coefficient (Wildman–Crippen LogP) is 4.15. The van der Waals surface area contributed by atoms with Gasteiger partial charge in [-0.25, -0.2) is 14.8 Å². The van der Waals surface area contributed by atoms with E-state index in [4.69, 9.17) is 11.6 Å². The molecule has 2 fully saturated rings. The van der Waals surface area contributed by atoms with Crippen LogP contribution in [0.15, 0.2) is 24.5 Å². The average molecular weight is 484 g/mol. The van der Waals surface area contributed by atoms with Gasteiger partial charge in [0, 0.05) is 75.6 Å². The van der Waals surface area contributed by atoms with E-state index in [1.165, 1.54) is 0 Å². The topological polar surface area (TPSA) is 69.6 Å². The Balaban J connectivity index is 1.41. The van der Waals surface area contributed by atoms with Crippen molar-refractivity contribution in [3.8, 4) is 0 Å². The molecule has 0 aliphatic carbocycles. The lowest BCUT2D eigenvalue weighted by molar-refractivity contribution is 0.0814. The number of likely N-dealkylation sites (tertiary alicyclic amines) is 1. The normalized spacial score (nSPS) is 19.0. The number of Topliss-reactive ketones (excluding diaryl/α,β-unsaturated/α-hetero) is 1. The molecule has 0 radical (unpaired) electrons. The second kappa shape index (κ2) is 10.8. The summed E-state index contributed by atoms with van der Waals surface area (Å²) in [6.45, 7) is 11.1. The molecule has 4 rings (SSSR count). The van der Waals surface area contributed by atoms with E-state index in [1.54, 1.807) is 12.4 Å². The molecule has 34 heavy (non-hydrogen) atoms. The third kappa shape index (κ3) is 5.58. The molecule has 0 bridgehead atoms. The zero-order valence-corrected chi connectivity index (χ0v) is 21.1. The predicted molar refractivity (Wildman–Crippen MR) is 133 cm³/mol. The number of aryl methyl sites for hydroxylation is 1. The van der Waals surface area contributed by atoms with Crippen molar-refractivity contribution in [2.45, 2.75) is 59.0 Å². The van der Waals surface area contributed by atoms with Gasteiger partial charge in [0.1, 0.15) is 5.82 Å².